The molecule has 1 N–H and O–H groups in total. The summed E-state index contributed by atoms with van der Waals surface area (Å²) in [7, 11) is 3.32. The average molecular weight is 563 g/mol. The van der Waals surface area contributed by atoms with Crippen molar-refractivity contribution in [3.05, 3.63) is 65.4 Å². The van der Waals surface area contributed by atoms with Gasteiger partial charge in [-0.1, -0.05) is 11.3 Å². The minimum Gasteiger partial charge on any atom is -0.459 e. The highest BCUT2D eigenvalue weighted by atomic mass is 32.1. The third-order valence-corrected chi connectivity index (χ3v) is 8.21. The average Bonchev–Trinajstić information content (AvgIpc) is 3.55. The number of aryl methyl sites for hydroxylation is 1. The van der Waals surface area contributed by atoms with Crippen LogP contribution in [0.5, 0.6) is 0 Å². The van der Waals surface area contributed by atoms with Gasteiger partial charge < -0.3 is 14.4 Å². The van der Waals surface area contributed by atoms with Gasteiger partial charge in [0.2, 0.25) is 0 Å². The summed E-state index contributed by atoms with van der Waals surface area (Å²) in [6.45, 7) is 1.71. The maximum absolute atomic E-state index is 15.7. The molecule has 1 aromatic carbocycles. The minimum atomic E-state index is -0.621. The molecular weight excluding hydrogens is 535 g/mol. The molecule has 1 fully saturated rings. The molecule has 6 rings (SSSR count). The van der Waals surface area contributed by atoms with Crippen LogP contribution in [0, 0.1) is 5.82 Å². The zero-order chi connectivity index (χ0) is 27.8. The first kappa shape index (κ1) is 26.1. The monoisotopic (exact) mass is 562 g/mol. The summed E-state index contributed by atoms with van der Waals surface area (Å²) in [4.78, 5) is 36.4. The van der Waals surface area contributed by atoms with Crippen molar-refractivity contribution in [1.29, 1.82) is 0 Å². The fourth-order valence-corrected chi connectivity index (χ4v) is 6.15. The number of piperidine rings is 1. The van der Waals surface area contributed by atoms with Gasteiger partial charge in [-0.2, -0.15) is 5.10 Å². The highest BCUT2D eigenvalue weighted by molar-refractivity contribution is 7.19. The van der Waals surface area contributed by atoms with E-state index in [4.69, 9.17) is 14.6 Å². The second kappa shape index (κ2) is 10.8. The standard InChI is InChI=1S/C28H27FN6O4S/c1-34-12-9-18(10-13-34)39-26(36)16-5-8-22(20(29)14-16)35-24-19(23(33-35)17-4-3-11-30-15-17)6-7-21-25(24)40-27(31-21)32-28(37)38-2/h3-5,8,11,14-15,18H,6-7,9-10,12-13H2,1-2H3,(H,31,32,37). The molecule has 0 spiro atoms. The van der Waals surface area contributed by atoms with Gasteiger partial charge in [0, 0.05) is 36.6 Å². The van der Waals surface area contributed by atoms with E-state index in [2.05, 4.69) is 20.2 Å². The number of carbonyl (C=O) groups is 2. The van der Waals surface area contributed by atoms with E-state index >= 15 is 4.39 Å². The summed E-state index contributed by atoms with van der Waals surface area (Å²) in [5.41, 5.74) is 4.23. The van der Waals surface area contributed by atoms with Gasteiger partial charge in [-0.05, 0) is 63.1 Å². The molecule has 0 radical (unpaired) electrons. The predicted molar refractivity (Wildman–Crippen MR) is 147 cm³/mol. The minimum absolute atomic E-state index is 0.150. The molecule has 1 aliphatic carbocycles. The number of anilines is 1. The van der Waals surface area contributed by atoms with E-state index < -0.39 is 17.9 Å². The second-order valence-electron chi connectivity index (χ2n) is 9.81. The van der Waals surface area contributed by atoms with Crippen LogP contribution in [0.25, 0.3) is 27.5 Å². The largest absolute Gasteiger partial charge is 0.459 e. The molecule has 3 aromatic heterocycles. The third-order valence-electron chi connectivity index (χ3n) is 7.19. The van der Waals surface area contributed by atoms with Crippen LogP contribution in [0.4, 0.5) is 14.3 Å². The van der Waals surface area contributed by atoms with Crippen molar-refractivity contribution in [2.45, 2.75) is 31.8 Å². The fraction of sp³-hybridized carbons (Fsp3) is 0.321. The van der Waals surface area contributed by atoms with Crippen LogP contribution in [0.15, 0.2) is 42.7 Å². The number of amides is 1. The smallest absolute Gasteiger partial charge is 0.413 e. The van der Waals surface area contributed by atoms with E-state index in [-0.39, 0.29) is 17.4 Å². The third kappa shape index (κ3) is 4.95. The van der Waals surface area contributed by atoms with Crippen LogP contribution in [0.2, 0.25) is 0 Å². The number of ether oxygens (including phenoxy) is 2. The van der Waals surface area contributed by atoms with Gasteiger partial charge in [-0.15, -0.1) is 0 Å². The van der Waals surface area contributed by atoms with Crippen LogP contribution in [0.3, 0.4) is 0 Å². The first-order chi connectivity index (χ1) is 19.4. The van der Waals surface area contributed by atoms with Crippen molar-refractivity contribution in [3.63, 3.8) is 0 Å². The Bertz CT molecular complexity index is 1580. The normalized spacial score (nSPS) is 15.3. The zero-order valence-electron chi connectivity index (χ0n) is 22.0. The summed E-state index contributed by atoms with van der Waals surface area (Å²) in [6, 6.07) is 8.04. The zero-order valence-corrected chi connectivity index (χ0v) is 22.8. The van der Waals surface area contributed by atoms with Crippen LogP contribution in [-0.2, 0) is 22.3 Å². The number of fused-ring (bicyclic) bond motifs is 3. The number of hydrogen-bond donors (Lipinski definition) is 1. The van der Waals surface area contributed by atoms with Crippen molar-refractivity contribution in [2.24, 2.45) is 0 Å². The molecule has 206 valence electrons. The van der Waals surface area contributed by atoms with E-state index in [1.165, 1.54) is 24.5 Å². The fourth-order valence-electron chi connectivity index (χ4n) is 5.10. The highest BCUT2D eigenvalue weighted by Crippen LogP contribution is 2.44. The molecule has 40 heavy (non-hydrogen) atoms. The molecule has 4 heterocycles. The Morgan fingerprint density at radius 3 is 2.73 bits per heavy atom. The van der Waals surface area contributed by atoms with Gasteiger partial charge in [0.15, 0.2) is 5.13 Å². The van der Waals surface area contributed by atoms with Crippen molar-refractivity contribution in [2.75, 3.05) is 32.6 Å². The molecule has 0 atom stereocenters. The number of halogens is 1. The lowest BCUT2D eigenvalue weighted by molar-refractivity contribution is 0.0139. The van der Waals surface area contributed by atoms with Crippen LogP contribution >= 0.6 is 11.3 Å². The van der Waals surface area contributed by atoms with E-state index in [1.807, 2.05) is 19.2 Å². The number of likely N-dealkylation sites (tertiary alicyclic amines) is 1. The molecule has 1 saturated heterocycles. The number of nitrogens with one attached hydrogen (secondary N) is 1. The first-order valence-electron chi connectivity index (χ1n) is 13.0. The summed E-state index contributed by atoms with van der Waals surface area (Å²) in [6.07, 6.45) is 5.36. The lowest BCUT2D eigenvalue weighted by Crippen LogP contribution is -2.35. The molecule has 10 nitrogen and oxygen atoms in total. The maximum atomic E-state index is 15.7. The van der Waals surface area contributed by atoms with Crippen molar-refractivity contribution < 1.29 is 23.5 Å². The molecule has 0 bridgehead atoms. The number of carbonyl (C=O) groups excluding carboxylic acids is 2. The summed E-state index contributed by atoms with van der Waals surface area (Å²) in [5, 5.41) is 7.84. The van der Waals surface area contributed by atoms with Crippen molar-refractivity contribution in [3.8, 4) is 27.5 Å². The Morgan fingerprint density at radius 2 is 2.00 bits per heavy atom. The van der Waals surface area contributed by atoms with Crippen LogP contribution < -0.4 is 5.32 Å². The number of pyridine rings is 1. The predicted octanol–water partition coefficient (Wildman–Crippen LogP) is 4.72. The molecule has 12 heteroatoms. The summed E-state index contributed by atoms with van der Waals surface area (Å²) in [5.74, 6) is -1.15. The summed E-state index contributed by atoms with van der Waals surface area (Å²) < 4.78 is 27.7. The maximum Gasteiger partial charge on any atom is 0.413 e. The number of benzene rings is 1. The van der Waals surface area contributed by atoms with Gasteiger partial charge >= 0.3 is 12.1 Å². The number of methoxy groups -OCH3 is 1. The quantitative estimate of drug-likeness (QED) is 0.348. The van der Waals surface area contributed by atoms with Gasteiger partial charge in [-0.25, -0.2) is 23.6 Å². The number of rotatable bonds is 5. The number of nitrogens with zero attached hydrogens (tertiary/aromatic N) is 5. The van der Waals surface area contributed by atoms with Crippen molar-refractivity contribution >= 4 is 28.5 Å². The number of hydrogen-bond acceptors (Lipinski definition) is 9. The Kier molecular flexibility index (Phi) is 7.03. The molecular formula is C28H27FN6O4S. The molecule has 2 aliphatic rings. The van der Waals surface area contributed by atoms with Crippen molar-refractivity contribution in [1.82, 2.24) is 24.6 Å². The van der Waals surface area contributed by atoms with E-state index in [0.717, 1.165) is 47.6 Å². The van der Waals surface area contributed by atoms with Gasteiger partial charge in [0.25, 0.3) is 0 Å². The van der Waals surface area contributed by atoms with Gasteiger partial charge in [0.1, 0.15) is 17.6 Å². The van der Waals surface area contributed by atoms with Gasteiger partial charge in [-0.3, -0.25) is 10.3 Å². The van der Waals surface area contributed by atoms with Gasteiger partial charge in [0.05, 0.1) is 34.6 Å². The lowest BCUT2D eigenvalue weighted by atomic mass is 9.95. The highest BCUT2D eigenvalue weighted by Gasteiger charge is 2.31. The number of aromatic nitrogens is 4. The van der Waals surface area contributed by atoms with Crippen LogP contribution in [-0.4, -0.2) is 70.1 Å². The molecule has 4 aromatic rings. The molecule has 1 aliphatic heterocycles. The topological polar surface area (TPSA) is 111 Å². The SMILES string of the molecule is COC(=O)Nc1nc2c(s1)-c1c(c(-c3cccnc3)nn1-c1ccc(C(=O)OC3CCN(C)CC3)cc1F)CC2. The number of thiazole rings is 1. The van der Waals surface area contributed by atoms with Crippen LogP contribution in [0.1, 0.15) is 34.5 Å². The van der Waals surface area contributed by atoms with E-state index in [9.17, 15) is 9.59 Å². The molecule has 0 saturated carbocycles. The number of esters is 1. The first-order valence-corrected chi connectivity index (χ1v) is 13.8. The second-order valence-corrected chi connectivity index (χ2v) is 10.8. The lowest BCUT2D eigenvalue weighted by Gasteiger charge is -2.28. The van der Waals surface area contributed by atoms with E-state index in [0.29, 0.717) is 29.4 Å². The Hall–Kier alpha value is -4.16. The Morgan fingerprint density at radius 1 is 1.18 bits per heavy atom. The Labute approximate surface area is 233 Å². The molecule has 1 amide bonds. The summed E-state index contributed by atoms with van der Waals surface area (Å²) >= 11 is 1.27. The molecule has 0 unspecified atom stereocenters. The van der Waals surface area contributed by atoms with E-state index in [1.54, 1.807) is 29.2 Å². The Balaban J connectivity index is 1.39.